The molecule has 0 atom stereocenters. The topological polar surface area (TPSA) is 99.2 Å². The molecule has 176 valence electrons. The maximum Gasteiger partial charge on any atom is 0.410 e. The number of methoxy groups -OCH3 is 2. The van der Waals surface area contributed by atoms with Crippen LogP contribution in [0.2, 0.25) is 0 Å². The summed E-state index contributed by atoms with van der Waals surface area (Å²) in [6.45, 7) is 2.11. The molecule has 1 heterocycles. The van der Waals surface area contributed by atoms with Gasteiger partial charge < -0.3 is 14.2 Å². The molecule has 1 aliphatic heterocycles. The lowest BCUT2D eigenvalue weighted by Gasteiger charge is -2.29. The van der Waals surface area contributed by atoms with Gasteiger partial charge in [0.2, 0.25) is 0 Å². The quantitative estimate of drug-likeness (QED) is 0.378. The molecule has 0 bridgehead atoms. The number of ketones is 1. The van der Waals surface area contributed by atoms with Crippen LogP contribution in [0.5, 0.6) is 0 Å². The Hall–Kier alpha value is -4.20. The Morgan fingerprint density at radius 1 is 0.794 bits per heavy atom. The average molecular weight is 463 g/mol. The van der Waals surface area contributed by atoms with E-state index < -0.39 is 18.0 Å². The summed E-state index contributed by atoms with van der Waals surface area (Å²) < 4.78 is 14.5. The van der Waals surface area contributed by atoms with Gasteiger partial charge in [0.25, 0.3) is 0 Å². The molecule has 1 aliphatic rings. The van der Waals surface area contributed by atoms with Gasteiger partial charge in [-0.15, -0.1) is 0 Å². The molecule has 1 fully saturated rings. The molecule has 2 aromatic rings. The normalized spacial score (nSPS) is 15.9. The molecular formula is C26H25NO7. The van der Waals surface area contributed by atoms with Gasteiger partial charge in [-0.1, -0.05) is 24.3 Å². The highest BCUT2D eigenvalue weighted by Gasteiger charge is 2.29. The van der Waals surface area contributed by atoms with Gasteiger partial charge in [-0.05, 0) is 54.5 Å². The van der Waals surface area contributed by atoms with Crippen LogP contribution in [0.25, 0.3) is 12.2 Å². The molecule has 0 aliphatic carbocycles. The van der Waals surface area contributed by atoms with Crippen molar-refractivity contribution < 1.29 is 33.4 Å². The summed E-state index contributed by atoms with van der Waals surface area (Å²) >= 11 is 0. The van der Waals surface area contributed by atoms with Gasteiger partial charge in [0, 0.05) is 11.1 Å². The summed E-state index contributed by atoms with van der Waals surface area (Å²) in [4.78, 5) is 50.4. The second-order valence-corrected chi connectivity index (χ2v) is 7.45. The summed E-state index contributed by atoms with van der Waals surface area (Å²) in [5, 5.41) is 0. The molecule has 3 rings (SSSR count). The zero-order chi connectivity index (χ0) is 24.7. The molecule has 2 aromatic carbocycles. The lowest BCUT2D eigenvalue weighted by Crippen LogP contribution is -2.41. The summed E-state index contributed by atoms with van der Waals surface area (Å²) in [5.41, 5.74) is 2.99. The first kappa shape index (κ1) is 24.4. The Labute approximate surface area is 197 Å². The van der Waals surface area contributed by atoms with Gasteiger partial charge in [0.05, 0.1) is 45.0 Å². The molecule has 8 heteroatoms. The molecule has 34 heavy (non-hydrogen) atoms. The molecule has 1 saturated heterocycles. The van der Waals surface area contributed by atoms with Crippen molar-refractivity contribution in [1.29, 1.82) is 0 Å². The third kappa shape index (κ3) is 5.78. The van der Waals surface area contributed by atoms with Gasteiger partial charge in [-0.3, -0.25) is 9.69 Å². The number of hydrogen-bond donors (Lipinski definition) is 0. The number of piperidine rings is 1. The van der Waals surface area contributed by atoms with Gasteiger partial charge in [-0.25, -0.2) is 14.4 Å². The number of amides is 1. The van der Waals surface area contributed by atoms with E-state index in [1.54, 1.807) is 67.6 Å². The fourth-order valence-electron chi connectivity index (χ4n) is 3.45. The van der Waals surface area contributed by atoms with E-state index in [0.717, 1.165) is 0 Å². The highest BCUT2D eigenvalue weighted by atomic mass is 16.6. The first-order chi connectivity index (χ1) is 16.4. The maximum atomic E-state index is 13.2. The number of benzene rings is 2. The van der Waals surface area contributed by atoms with Crippen LogP contribution in [0.3, 0.4) is 0 Å². The third-order valence-electron chi connectivity index (χ3n) is 5.18. The number of esters is 2. The van der Waals surface area contributed by atoms with Crippen molar-refractivity contribution in [2.45, 2.75) is 6.92 Å². The summed E-state index contributed by atoms with van der Waals surface area (Å²) in [5.74, 6) is -1.11. The van der Waals surface area contributed by atoms with Crippen LogP contribution in [0.4, 0.5) is 4.79 Å². The number of ether oxygens (including phenoxy) is 3. The lowest BCUT2D eigenvalue weighted by atomic mass is 9.94. The number of carbonyl (C=O) groups excluding carboxylic acids is 4. The van der Waals surface area contributed by atoms with Crippen molar-refractivity contribution in [2.75, 3.05) is 33.9 Å². The van der Waals surface area contributed by atoms with Gasteiger partial charge >= 0.3 is 18.0 Å². The zero-order valence-corrected chi connectivity index (χ0v) is 19.2. The molecule has 0 radical (unpaired) electrons. The van der Waals surface area contributed by atoms with E-state index >= 15 is 0 Å². The molecular weight excluding hydrogens is 438 g/mol. The molecule has 0 spiro atoms. The average Bonchev–Trinajstić information content (AvgIpc) is 2.86. The third-order valence-corrected chi connectivity index (χ3v) is 5.18. The van der Waals surface area contributed by atoms with Gasteiger partial charge in [0.1, 0.15) is 0 Å². The van der Waals surface area contributed by atoms with Crippen molar-refractivity contribution >= 4 is 36.0 Å². The SMILES string of the molecule is CCOC(=O)N1C/C(=C/c2ccc(C(=O)OC)cc2)C(=O)/C(=C/c2ccc(C(=O)OC)cc2)C1. The maximum absolute atomic E-state index is 13.2. The fourth-order valence-corrected chi connectivity index (χ4v) is 3.45. The second-order valence-electron chi connectivity index (χ2n) is 7.45. The molecule has 1 amide bonds. The fraction of sp³-hybridized carbons (Fsp3) is 0.231. The van der Waals surface area contributed by atoms with E-state index in [0.29, 0.717) is 33.4 Å². The van der Waals surface area contributed by atoms with Crippen LogP contribution in [-0.2, 0) is 19.0 Å². The van der Waals surface area contributed by atoms with Gasteiger partial charge in [-0.2, -0.15) is 0 Å². The van der Waals surface area contributed by atoms with E-state index in [9.17, 15) is 19.2 Å². The molecule has 0 saturated carbocycles. The highest BCUT2D eigenvalue weighted by Crippen LogP contribution is 2.23. The first-order valence-electron chi connectivity index (χ1n) is 10.6. The zero-order valence-electron chi connectivity index (χ0n) is 19.2. The molecule has 0 N–H and O–H groups in total. The van der Waals surface area contributed by atoms with Crippen molar-refractivity contribution in [1.82, 2.24) is 4.90 Å². The van der Waals surface area contributed by atoms with Crippen LogP contribution >= 0.6 is 0 Å². The van der Waals surface area contributed by atoms with Crippen molar-refractivity contribution in [3.8, 4) is 0 Å². The number of rotatable bonds is 5. The number of nitrogens with zero attached hydrogens (tertiary/aromatic N) is 1. The van der Waals surface area contributed by atoms with Crippen LogP contribution in [0.1, 0.15) is 38.8 Å². The summed E-state index contributed by atoms with van der Waals surface area (Å²) in [7, 11) is 2.61. The first-order valence-corrected chi connectivity index (χ1v) is 10.6. The second kappa shape index (κ2) is 11.1. The van der Waals surface area contributed by atoms with Crippen LogP contribution in [-0.4, -0.2) is 62.6 Å². The minimum Gasteiger partial charge on any atom is -0.465 e. The minimum absolute atomic E-state index is 0.0923. The van der Waals surface area contributed by atoms with E-state index in [4.69, 9.17) is 14.2 Å². The number of carbonyl (C=O) groups is 4. The van der Waals surface area contributed by atoms with Crippen LogP contribution in [0.15, 0.2) is 59.7 Å². The Morgan fingerprint density at radius 2 is 1.21 bits per heavy atom. The smallest absolute Gasteiger partial charge is 0.410 e. The predicted octanol–water partition coefficient (Wildman–Crippen LogP) is 3.77. The van der Waals surface area contributed by atoms with Crippen LogP contribution < -0.4 is 0 Å². The predicted molar refractivity (Wildman–Crippen MR) is 125 cm³/mol. The van der Waals surface area contributed by atoms with E-state index in [2.05, 4.69) is 0 Å². The largest absolute Gasteiger partial charge is 0.465 e. The summed E-state index contributed by atoms with van der Waals surface area (Å²) in [6.07, 6.45) is 2.85. The van der Waals surface area contributed by atoms with E-state index in [1.807, 2.05) is 0 Å². The summed E-state index contributed by atoms with van der Waals surface area (Å²) in [6, 6.07) is 13.2. The Kier molecular flexibility index (Phi) is 7.97. The molecule has 8 nitrogen and oxygen atoms in total. The van der Waals surface area contributed by atoms with Gasteiger partial charge in [0.15, 0.2) is 5.78 Å². The standard InChI is InChI=1S/C26H25NO7/c1-4-34-26(31)27-15-21(13-17-5-9-19(10-6-17)24(29)32-2)23(28)22(16-27)14-18-7-11-20(12-8-18)25(30)33-3/h5-14H,4,15-16H2,1-3H3/b21-13-,22-14+. The van der Waals surface area contributed by atoms with E-state index in [-0.39, 0.29) is 25.5 Å². The number of hydrogen-bond acceptors (Lipinski definition) is 7. The van der Waals surface area contributed by atoms with Crippen molar-refractivity contribution in [3.63, 3.8) is 0 Å². The monoisotopic (exact) mass is 463 g/mol. The van der Waals surface area contributed by atoms with Crippen molar-refractivity contribution in [2.24, 2.45) is 0 Å². The van der Waals surface area contributed by atoms with E-state index in [1.165, 1.54) is 19.1 Å². The number of Topliss-reactive ketones (excluding diaryl/α,β-unsaturated/α-hetero) is 1. The number of likely N-dealkylation sites (tertiary alicyclic amines) is 1. The molecule has 0 aromatic heterocycles. The Morgan fingerprint density at radius 3 is 1.56 bits per heavy atom. The Balaban J connectivity index is 1.93. The molecule has 0 unspecified atom stereocenters. The minimum atomic E-state index is -0.520. The van der Waals surface area contributed by atoms with Crippen molar-refractivity contribution in [3.05, 3.63) is 81.9 Å². The Bertz CT molecular complexity index is 1060. The lowest BCUT2D eigenvalue weighted by molar-refractivity contribution is -0.113. The highest BCUT2D eigenvalue weighted by molar-refractivity contribution is 6.15. The van der Waals surface area contributed by atoms with Crippen LogP contribution in [0, 0.1) is 0 Å².